The molecule has 2 aromatic rings. The number of nitrogens with zero attached hydrogens (tertiary/aromatic N) is 2. The number of fused-ring (bicyclic) bond motifs is 1. The lowest BCUT2D eigenvalue weighted by molar-refractivity contribution is -0.180. The molecule has 29 heavy (non-hydrogen) atoms. The van der Waals surface area contributed by atoms with E-state index in [0.29, 0.717) is 30.8 Å². The Balaban J connectivity index is 1.66. The average Bonchev–Trinajstić information content (AvgIpc) is 2.76. The molecule has 2 atom stereocenters. The van der Waals surface area contributed by atoms with Crippen LogP contribution in [0.1, 0.15) is 27.9 Å². The quantitative estimate of drug-likeness (QED) is 0.803. The van der Waals surface area contributed by atoms with Crippen molar-refractivity contribution in [3.8, 4) is 5.75 Å². The normalized spacial score (nSPS) is 24.2. The molecule has 6 heteroatoms. The Kier molecular flexibility index (Phi) is 5.04. The molecule has 2 fully saturated rings. The van der Waals surface area contributed by atoms with E-state index in [2.05, 4.69) is 0 Å². The first-order valence-corrected chi connectivity index (χ1v) is 9.85. The highest BCUT2D eigenvalue weighted by Crippen LogP contribution is 2.42. The summed E-state index contributed by atoms with van der Waals surface area (Å²) >= 11 is 0. The summed E-state index contributed by atoms with van der Waals surface area (Å²) < 4.78 is 11.4. The van der Waals surface area contributed by atoms with Crippen LogP contribution in [-0.2, 0) is 15.1 Å². The van der Waals surface area contributed by atoms with E-state index in [1.165, 1.54) is 0 Å². The number of piperidine rings is 1. The smallest absolute Gasteiger partial charge is 0.254 e. The van der Waals surface area contributed by atoms with Crippen molar-refractivity contribution in [3.05, 3.63) is 65.2 Å². The molecule has 0 saturated carbocycles. The van der Waals surface area contributed by atoms with Gasteiger partial charge in [-0.1, -0.05) is 36.4 Å². The Morgan fingerprint density at radius 2 is 1.93 bits per heavy atom. The van der Waals surface area contributed by atoms with Crippen LogP contribution >= 0.6 is 0 Å². The van der Waals surface area contributed by atoms with E-state index in [4.69, 9.17) is 9.47 Å². The number of carbonyl (C=O) groups excluding carboxylic acids is 2. The van der Waals surface area contributed by atoms with Gasteiger partial charge in [0.05, 0.1) is 12.6 Å². The summed E-state index contributed by atoms with van der Waals surface area (Å²) in [7, 11) is 3.45. The summed E-state index contributed by atoms with van der Waals surface area (Å²) in [5, 5.41) is 0. The van der Waals surface area contributed by atoms with Crippen LogP contribution in [0.15, 0.2) is 48.5 Å². The van der Waals surface area contributed by atoms with Gasteiger partial charge in [0.15, 0.2) is 0 Å². The molecule has 0 unspecified atom stereocenters. The molecule has 2 saturated heterocycles. The topological polar surface area (TPSA) is 59.1 Å². The third kappa shape index (κ3) is 3.08. The fourth-order valence-electron chi connectivity index (χ4n) is 4.65. The first-order valence-electron chi connectivity index (χ1n) is 9.85. The summed E-state index contributed by atoms with van der Waals surface area (Å²) in [5.74, 6) is 0.630. The molecule has 2 heterocycles. The maximum absolute atomic E-state index is 13.3. The fraction of sp³-hybridized carbons (Fsp3) is 0.391. The number of likely N-dealkylation sites (tertiary alicyclic amines) is 1. The van der Waals surface area contributed by atoms with E-state index in [9.17, 15) is 9.59 Å². The number of carbonyl (C=O) groups is 2. The Morgan fingerprint density at radius 3 is 2.66 bits per heavy atom. The number of rotatable bonds is 3. The predicted molar refractivity (Wildman–Crippen MR) is 109 cm³/mol. The lowest BCUT2D eigenvalue weighted by Gasteiger charge is -2.54. The minimum absolute atomic E-state index is 0.0338. The maximum Gasteiger partial charge on any atom is 0.254 e. The zero-order valence-electron chi connectivity index (χ0n) is 17.1. The molecule has 0 aliphatic carbocycles. The molecule has 2 aromatic carbocycles. The van der Waals surface area contributed by atoms with Crippen molar-refractivity contribution in [2.24, 2.45) is 0 Å². The Labute approximate surface area is 171 Å². The molecule has 0 spiro atoms. The number of ether oxygens (including phenoxy) is 2. The largest absolute Gasteiger partial charge is 0.496 e. The molecule has 0 bridgehead atoms. The highest BCUT2D eigenvalue weighted by molar-refractivity contribution is 5.96. The maximum atomic E-state index is 13.3. The van der Waals surface area contributed by atoms with Crippen molar-refractivity contribution in [3.63, 3.8) is 0 Å². The van der Waals surface area contributed by atoms with Crippen LogP contribution in [0.2, 0.25) is 0 Å². The van der Waals surface area contributed by atoms with Gasteiger partial charge in [-0.25, -0.2) is 0 Å². The number of benzene rings is 2. The van der Waals surface area contributed by atoms with E-state index >= 15 is 0 Å². The lowest BCUT2D eigenvalue weighted by atomic mass is 9.76. The summed E-state index contributed by atoms with van der Waals surface area (Å²) in [6, 6.07) is 15.5. The van der Waals surface area contributed by atoms with Crippen LogP contribution in [0.3, 0.4) is 0 Å². The van der Waals surface area contributed by atoms with Crippen LogP contribution in [0.4, 0.5) is 0 Å². The summed E-state index contributed by atoms with van der Waals surface area (Å²) in [4.78, 5) is 29.4. The van der Waals surface area contributed by atoms with E-state index in [-0.39, 0.29) is 24.5 Å². The Hall–Kier alpha value is -2.86. The molecule has 2 aliphatic heterocycles. The zero-order valence-corrected chi connectivity index (χ0v) is 17.1. The van der Waals surface area contributed by atoms with Crippen LogP contribution < -0.4 is 4.74 Å². The number of morpholine rings is 1. The number of hydrogen-bond acceptors (Lipinski definition) is 4. The van der Waals surface area contributed by atoms with Gasteiger partial charge in [-0.05, 0) is 31.0 Å². The second-order valence-electron chi connectivity index (χ2n) is 7.68. The van der Waals surface area contributed by atoms with Crippen LogP contribution in [0.25, 0.3) is 0 Å². The molecule has 0 radical (unpaired) electrons. The minimum atomic E-state index is -0.559. The number of likely N-dealkylation sites (N-methyl/N-ethyl adjacent to an activating group) is 1. The van der Waals surface area contributed by atoms with Crippen molar-refractivity contribution in [2.75, 3.05) is 33.9 Å². The number of hydrogen-bond donors (Lipinski definition) is 0. The number of amides is 2. The molecular weight excluding hydrogens is 368 g/mol. The van der Waals surface area contributed by atoms with Gasteiger partial charge >= 0.3 is 0 Å². The molecule has 0 N–H and O–H groups in total. The number of methoxy groups -OCH3 is 1. The average molecular weight is 394 g/mol. The van der Waals surface area contributed by atoms with Crippen LogP contribution in [-0.4, -0.2) is 61.6 Å². The van der Waals surface area contributed by atoms with Gasteiger partial charge in [-0.15, -0.1) is 0 Å². The van der Waals surface area contributed by atoms with Crippen LogP contribution in [0.5, 0.6) is 5.75 Å². The van der Waals surface area contributed by atoms with Crippen molar-refractivity contribution in [2.45, 2.75) is 25.0 Å². The van der Waals surface area contributed by atoms with Gasteiger partial charge in [0, 0.05) is 31.3 Å². The lowest BCUT2D eigenvalue weighted by Crippen LogP contribution is -2.67. The van der Waals surface area contributed by atoms with Gasteiger partial charge in [-0.2, -0.15) is 0 Å². The molecule has 0 aromatic heterocycles. The SMILES string of the molecule is COc1cccc(C(=O)N2CC[C@]3(c4ccccc4)[C@@H](C2)OCC(=O)N3C)c1C. The van der Waals surface area contributed by atoms with E-state index in [0.717, 1.165) is 11.1 Å². The first kappa shape index (κ1) is 19.5. The molecule has 6 nitrogen and oxygen atoms in total. The standard InChI is InChI=1S/C23H26N2O4/c1-16-18(10-7-11-19(16)28-3)22(27)25-13-12-23(17-8-5-4-6-9-17)20(14-25)29-15-21(26)24(23)2/h4-11,20H,12-15H2,1-3H3/t20-,23+/m1/s1. The van der Waals surface area contributed by atoms with Gasteiger partial charge in [0.1, 0.15) is 18.5 Å². The molecule has 4 rings (SSSR count). The second kappa shape index (κ2) is 7.52. The molecule has 2 aliphatic rings. The van der Waals surface area contributed by atoms with Gasteiger partial charge < -0.3 is 19.3 Å². The Morgan fingerprint density at radius 1 is 1.17 bits per heavy atom. The Bertz CT molecular complexity index is 930. The van der Waals surface area contributed by atoms with E-state index in [1.54, 1.807) is 7.11 Å². The van der Waals surface area contributed by atoms with E-state index < -0.39 is 5.54 Å². The van der Waals surface area contributed by atoms with Gasteiger partial charge in [0.2, 0.25) is 5.91 Å². The monoisotopic (exact) mass is 394 g/mol. The van der Waals surface area contributed by atoms with Gasteiger partial charge in [0.25, 0.3) is 5.91 Å². The van der Waals surface area contributed by atoms with Crippen molar-refractivity contribution >= 4 is 11.8 Å². The first-order chi connectivity index (χ1) is 14.0. The minimum Gasteiger partial charge on any atom is -0.496 e. The molecular formula is C23H26N2O4. The summed E-state index contributed by atoms with van der Waals surface area (Å²) in [5.41, 5.74) is 1.95. The van der Waals surface area contributed by atoms with E-state index in [1.807, 2.05) is 72.3 Å². The zero-order chi connectivity index (χ0) is 20.6. The van der Waals surface area contributed by atoms with Crippen LogP contribution in [0, 0.1) is 6.92 Å². The fourth-order valence-corrected chi connectivity index (χ4v) is 4.65. The van der Waals surface area contributed by atoms with Crippen molar-refractivity contribution in [1.82, 2.24) is 9.80 Å². The highest BCUT2D eigenvalue weighted by Gasteiger charge is 2.53. The molecule has 152 valence electrons. The summed E-state index contributed by atoms with van der Waals surface area (Å²) in [6.45, 7) is 2.91. The second-order valence-corrected chi connectivity index (χ2v) is 7.68. The van der Waals surface area contributed by atoms with Crippen molar-refractivity contribution in [1.29, 1.82) is 0 Å². The summed E-state index contributed by atoms with van der Waals surface area (Å²) in [6.07, 6.45) is 0.342. The third-order valence-electron chi connectivity index (χ3n) is 6.36. The third-order valence-corrected chi connectivity index (χ3v) is 6.36. The van der Waals surface area contributed by atoms with Gasteiger partial charge in [-0.3, -0.25) is 9.59 Å². The highest BCUT2D eigenvalue weighted by atomic mass is 16.5. The van der Waals surface area contributed by atoms with Crippen molar-refractivity contribution < 1.29 is 19.1 Å². The molecule has 2 amide bonds. The predicted octanol–water partition coefficient (Wildman–Crippen LogP) is 2.60.